The molecule has 0 aliphatic carbocycles. The van der Waals surface area contributed by atoms with Crippen LogP contribution in [0.15, 0.2) is 0 Å². The van der Waals surface area contributed by atoms with E-state index < -0.39 is 6.16 Å². The molecule has 0 bridgehead atoms. The molecule has 0 amide bonds. The van der Waals surface area contributed by atoms with Crippen LogP contribution in [0.5, 0.6) is 0 Å². The topological polar surface area (TPSA) is 35.5 Å². The first kappa shape index (κ1) is 7.70. The summed E-state index contributed by atoms with van der Waals surface area (Å²) in [6.45, 7) is 3.53. The van der Waals surface area contributed by atoms with Crippen LogP contribution in [0, 0.1) is 0 Å². The van der Waals surface area contributed by atoms with Crippen LogP contribution in [0.25, 0.3) is 0 Å². The maximum Gasteiger partial charge on any atom is 0.480 e. The summed E-state index contributed by atoms with van der Waals surface area (Å²) in [5.41, 5.74) is 0. The SMILES string of the molecule is C[Si]OC(=O)O[Si]C. The van der Waals surface area contributed by atoms with Crippen molar-refractivity contribution in [1.82, 2.24) is 0 Å². The van der Waals surface area contributed by atoms with Gasteiger partial charge in [0.2, 0.25) is 0 Å². The molecule has 0 aliphatic heterocycles. The van der Waals surface area contributed by atoms with E-state index in [0.29, 0.717) is 0 Å². The average molecular weight is 146 g/mol. The molecule has 0 aliphatic rings. The molecular formula is C3H6O3Si2. The summed E-state index contributed by atoms with van der Waals surface area (Å²) in [6.07, 6.45) is -0.563. The van der Waals surface area contributed by atoms with Crippen molar-refractivity contribution in [3.8, 4) is 0 Å². The smallest absolute Gasteiger partial charge is 0.480 e. The second kappa shape index (κ2) is 4.85. The van der Waals surface area contributed by atoms with E-state index in [1.807, 2.05) is 0 Å². The standard InChI is InChI=1S/C3H6O3Si2/c1-7-5-3(4)6-8-2/h1-2H3. The molecular weight excluding hydrogens is 140 g/mol. The van der Waals surface area contributed by atoms with Crippen LogP contribution in [0.3, 0.4) is 0 Å². The summed E-state index contributed by atoms with van der Waals surface area (Å²) in [5.74, 6) is 0. The molecule has 8 heavy (non-hydrogen) atoms. The van der Waals surface area contributed by atoms with Crippen LogP contribution < -0.4 is 0 Å². The Kier molecular flexibility index (Phi) is 4.67. The van der Waals surface area contributed by atoms with Crippen molar-refractivity contribution in [2.75, 3.05) is 0 Å². The summed E-state index contributed by atoms with van der Waals surface area (Å²) in [6, 6.07) is 0. The van der Waals surface area contributed by atoms with Gasteiger partial charge in [0.25, 0.3) is 0 Å². The van der Waals surface area contributed by atoms with Crippen LogP contribution in [-0.2, 0) is 8.85 Å². The molecule has 0 unspecified atom stereocenters. The average Bonchev–Trinajstić information content (AvgIpc) is 1.68. The predicted molar refractivity (Wildman–Crippen MR) is 30.8 cm³/mol. The number of carbonyl (C=O) groups excluding carboxylic acids is 1. The minimum absolute atomic E-state index is 0.178. The first-order valence-electron chi connectivity index (χ1n) is 2.02. The van der Waals surface area contributed by atoms with Crippen molar-refractivity contribution in [1.29, 1.82) is 0 Å². The Morgan fingerprint density at radius 3 is 1.88 bits per heavy atom. The van der Waals surface area contributed by atoms with Crippen molar-refractivity contribution in [3.63, 3.8) is 0 Å². The molecule has 0 heterocycles. The zero-order chi connectivity index (χ0) is 6.41. The van der Waals surface area contributed by atoms with Gasteiger partial charge in [-0.1, -0.05) is 0 Å². The van der Waals surface area contributed by atoms with Crippen molar-refractivity contribution in [3.05, 3.63) is 0 Å². The van der Waals surface area contributed by atoms with Gasteiger partial charge in [-0.25, -0.2) is 4.79 Å². The van der Waals surface area contributed by atoms with Crippen molar-refractivity contribution in [2.24, 2.45) is 0 Å². The second-order valence-corrected chi connectivity index (χ2v) is 2.09. The highest BCUT2D eigenvalue weighted by Gasteiger charge is 1.97. The molecule has 0 saturated carbocycles. The maximum atomic E-state index is 10.2. The molecule has 4 radical (unpaired) electrons. The largest absolute Gasteiger partial charge is 0.487 e. The highest BCUT2D eigenvalue weighted by atomic mass is 28.2. The zero-order valence-corrected chi connectivity index (χ0v) is 6.72. The first-order valence-corrected chi connectivity index (χ1v) is 4.84. The van der Waals surface area contributed by atoms with Crippen molar-refractivity contribution < 1.29 is 13.6 Å². The highest BCUT2D eigenvalue weighted by molar-refractivity contribution is 6.31. The lowest BCUT2D eigenvalue weighted by Crippen LogP contribution is -2.09. The first-order chi connectivity index (χ1) is 3.81. The molecule has 0 atom stereocenters. The van der Waals surface area contributed by atoms with Gasteiger partial charge in [-0.3, -0.25) is 0 Å². The Balaban J connectivity index is 3.06. The summed E-state index contributed by atoms with van der Waals surface area (Å²) in [7, 11) is 0.356. The Morgan fingerprint density at radius 1 is 1.25 bits per heavy atom. The van der Waals surface area contributed by atoms with Crippen LogP contribution >= 0.6 is 0 Å². The van der Waals surface area contributed by atoms with Crippen LogP contribution in [0.1, 0.15) is 0 Å². The number of hydrogen-bond acceptors (Lipinski definition) is 3. The van der Waals surface area contributed by atoms with E-state index in [0.717, 1.165) is 0 Å². The van der Waals surface area contributed by atoms with Crippen molar-refractivity contribution in [2.45, 2.75) is 13.1 Å². The molecule has 0 N–H and O–H groups in total. The predicted octanol–water partition coefficient (Wildman–Crippen LogP) is 0.474. The van der Waals surface area contributed by atoms with Gasteiger partial charge in [0.05, 0.1) is 0 Å². The normalized spacial score (nSPS) is 8.25. The molecule has 0 fully saturated rings. The third kappa shape index (κ3) is 3.88. The van der Waals surface area contributed by atoms with Crippen LogP contribution in [-0.4, -0.2) is 25.7 Å². The number of carbonyl (C=O) groups is 1. The Labute approximate surface area is 53.3 Å². The van der Waals surface area contributed by atoms with E-state index in [1.165, 1.54) is 0 Å². The van der Waals surface area contributed by atoms with E-state index in [4.69, 9.17) is 0 Å². The summed E-state index contributed by atoms with van der Waals surface area (Å²) >= 11 is 0. The fourth-order valence-corrected chi connectivity index (χ4v) is 0.688. The van der Waals surface area contributed by atoms with E-state index in [9.17, 15) is 4.79 Å². The fourth-order valence-electron chi connectivity index (χ4n) is 0.188. The lowest BCUT2D eigenvalue weighted by molar-refractivity contribution is 0.157. The van der Waals surface area contributed by atoms with E-state index in [2.05, 4.69) is 8.85 Å². The monoisotopic (exact) mass is 146 g/mol. The van der Waals surface area contributed by atoms with Gasteiger partial charge in [-0.2, -0.15) is 0 Å². The van der Waals surface area contributed by atoms with Gasteiger partial charge in [0.1, 0.15) is 0 Å². The van der Waals surface area contributed by atoms with E-state index >= 15 is 0 Å². The van der Waals surface area contributed by atoms with Crippen molar-refractivity contribution >= 4 is 25.7 Å². The second-order valence-electron chi connectivity index (χ2n) is 0.862. The van der Waals surface area contributed by atoms with Gasteiger partial charge < -0.3 is 8.85 Å². The molecule has 0 aromatic carbocycles. The van der Waals surface area contributed by atoms with E-state index in [-0.39, 0.29) is 19.5 Å². The Morgan fingerprint density at radius 2 is 1.62 bits per heavy atom. The minimum Gasteiger partial charge on any atom is -0.487 e. The molecule has 0 spiro atoms. The zero-order valence-electron chi connectivity index (χ0n) is 4.72. The van der Waals surface area contributed by atoms with Gasteiger partial charge in [-0.15, -0.1) is 0 Å². The molecule has 0 aromatic rings. The summed E-state index contributed by atoms with van der Waals surface area (Å²) in [5, 5.41) is 0. The lowest BCUT2D eigenvalue weighted by Gasteiger charge is -1.97. The Bertz CT molecular complexity index is 66.9. The van der Waals surface area contributed by atoms with Gasteiger partial charge in [-0.05, 0) is 13.1 Å². The maximum absolute atomic E-state index is 10.2. The van der Waals surface area contributed by atoms with Gasteiger partial charge in [0, 0.05) is 0 Å². The third-order valence-corrected chi connectivity index (χ3v) is 1.11. The highest BCUT2D eigenvalue weighted by Crippen LogP contribution is 1.79. The molecule has 3 nitrogen and oxygen atoms in total. The van der Waals surface area contributed by atoms with E-state index in [1.54, 1.807) is 13.1 Å². The fraction of sp³-hybridized carbons (Fsp3) is 0.667. The molecule has 0 rings (SSSR count). The third-order valence-electron chi connectivity index (χ3n) is 0.371. The molecule has 0 saturated heterocycles. The van der Waals surface area contributed by atoms with Gasteiger partial charge in [0.15, 0.2) is 0 Å². The summed E-state index contributed by atoms with van der Waals surface area (Å²) < 4.78 is 8.91. The molecule has 44 valence electrons. The van der Waals surface area contributed by atoms with Crippen LogP contribution in [0.4, 0.5) is 4.79 Å². The Hall–Kier alpha value is -0.296. The minimum atomic E-state index is -0.563. The number of rotatable bonds is 2. The summed E-state index contributed by atoms with van der Waals surface area (Å²) in [4.78, 5) is 10.2. The molecule has 5 heteroatoms. The number of hydrogen-bond donors (Lipinski definition) is 0. The molecule has 0 aromatic heterocycles. The quantitative estimate of drug-likeness (QED) is 0.531. The van der Waals surface area contributed by atoms with Crippen LogP contribution in [0.2, 0.25) is 13.1 Å². The lowest BCUT2D eigenvalue weighted by atomic mass is 11.5. The van der Waals surface area contributed by atoms with Gasteiger partial charge >= 0.3 is 25.7 Å².